The van der Waals surface area contributed by atoms with Gasteiger partial charge in [-0.25, -0.2) is 0 Å². The Kier molecular flexibility index (Phi) is 6.22. The van der Waals surface area contributed by atoms with Gasteiger partial charge in [0.25, 0.3) is 0 Å². The van der Waals surface area contributed by atoms with Gasteiger partial charge in [-0.15, -0.1) is 0 Å². The average molecular weight is 214 g/mol. The van der Waals surface area contributed by atoms with E-state index >= 15 is 0 Å². The Morgan fingerprint density at radius 3 is 2.73 bits per heavy atom. The van der Waals surface area contributed by atoms with Crippen LogP contribution in [-0.4, -0.2) is 51.3 Å². The van der Waals surface area contributed by atoms with Crippen LogP contribution in [0, 0.1) is 5.92 Å². The third-order valence-electron chi connectivity index (χ3n) is 3.44. The molecule has 0 radical (unpaired) electrons. The summed E-state index contributed by atoms with van der Waals surface area (Å²) in [5, 5.41) is 3.66. The second kappa shape index (κ2) is 7.20. The molecule has 0 aromatic rings. The largest absolute Gasteiger partial charge is 0.383 e. The lowest BCUT2D eigenvalue weighted by molar-refractivity contribution is 0.160. The van der Waals surface area contributed by atoms with Gasteiger partial charge in [-0.3, -0.25) is 0 Å². The van der Waals surface area contributed by atoms with Crippen LogP contribution in [0.5, 0.6) is 0 Å². The molecule has 1 aliphatic rings. The second-order valence-electron chi connectivity index (χ2n) is 4.76. The molecule has 1 aliphatic carbocycles. The fourth-order valence-electron chi connectivity index (χ4n) is 2.25. The molecule has 3 nitrogen and oxygen atoms in total. The summed E-state index contributed by atoms with van der Waals surface area (Å²) in [7, 11) is 3.91. The van der Waals surface area contributed by atoms with E-state index in [4.69, 9.17) is 4.74 Å². The van der Waals surface area contributed by atoms with Crippen LogP contribution in [0.4, 0.5) is 0 Å². The number of ether oxygens (including phenoxy) is 1. The van der Waals surface area contributed by atoms with Crippen molar-refractivity contribution in [1.29, 1.82) is 0 Å². The fourth-order valence-corrected chi connectivity index (χ4v) is 2.25. The Balaban J connectivity index is 2.00. The SMILES string of the molecule is COCCN(C)CCNC1CCCC1C. The second-order valence-corrected chi connectivity index (χ2v) is 4.76. The number of hydrogen-bond acceptors (Lipinski definition) is 3. The summed E-state index contributed by atoms with van der Waals surface area (Å²) in [5.41, 5.74) is 0. The number of likely N-dealkylation sites (N-methyl/N-ethyl adjacent to an activating group) is 1. The Hall–Kier alpha value is -0.120. The molecule has 0 aromatic carbocycles. The van der Waals surface area contributed by atoms with E-state index in [9.17, 15) is 0 Å². The summed E-state index contributed by atoms with van der Waals surface area (Å²) in [5.74, 6) is 0.870. The van der Waals surface area contributed by atoms with Gasteiger partial charge >= 0.3 is 0 Å². The Labute approximate surface area is 94.2 Å². The van der Waals surface area contributed by atoms with Gasteiger partial charge in [-0.2, -0.15) is 0 Å². The summed E-state index contributed by atoms with van der Waals surface area (Å²) in [6.45, 7) is 6.44. The molecule has 0 saturated heterocycles. The molecule has 90 valence electrons. The molecule has 3 heteroatoms. The van der Waals surface area contributed by atoms with Crippen LogP contribution in [0.2, 0.25) is 0 Å². The molecule has 0 amide bonds. The maximum Gasteiger partial charge on any atom is 0.0589 e. The first-order valence-corrected chi connectivity index (χ1v) is 6.15. The van der Waals surface area contributed by atoms with Gasteiger partial charge in [0, 0.05) is 32.8 Å². The standard InChI is InChI=1S/C12H26N2O/c1-11-5-4-6-12(11)13-7-8-14(2)9-10-15-3/h11-13H,4-10H2,1-3H3. The average Bonchev–Trinajstić information content (AvgIpc) is 2.61. The van der Waals surface area contributed by atoms with Crippen molar-refractivity contribution in [2.24, 2.45) is 5.92 Å². The number of nitrogens with zero attached hydrogens (tertiary/aromatic N) is 1. The van der Waals surface area contributed by atoms with Gasteiger partial charge in [0.1, 0.15) is 0 Å². The summed E-state index contributed by atoms with van der Waals surface area (Å²) in [4.78, 5) is 2.32. The smallest absolute Gasteiger partial charge is 0.0589 e. The Morgan fingerprint density at radius 1 is 1.33 bits per heavy atom. The molecular formula is C12H26N2O. The first kappa shape index (κ1) is 12.9. The molecule has 0 bridgehead atoms. The topological polar surface area (TPSA) is 24.5 Å². The van der Waals surface area contributed by atoms with Crippen LogP contribution in [0.1, 0.15) is 26.2 Å². The predicted octanol–water partition coefficient (Wildman–Crippen LogP) is 1.34. The van der Waals surface area contributed by atoms with Crippen molar-refractivity contribution in [1.82, 2.24) is 10.2 Å². The first-order chi connectivity index (χ1) is 7.24. The number of hydrogen-bond donors (Lipinski definition) is 1. The lowest BCUT2D eigenvalue weighted by Crippen LogP contribution is -2.37. The zero-order valence-corrected chi connectivity index (χ0v) is 10.5. The van der Waals surface area contributed by atoms with Gasteiger partial charge < -0.3 is 15.0 Å². The van der Waals surface area contributed by atoms with Gasteiger partial charge in [-0.1, -0.05) is 13.3 Å². The fraction of sp³-hybridized carbons (Fsp3) is 1.00. The molecule has 1 saturated carbocycles. The van der Waals surface area contributed by atoms with Crippen molar-refractivity contribution in [3.63, 3.8) is 0 Å². The number of nitrogens with one attached hydrogen (secondary N) is 1. The highest BCUT2D eigenvalue weighted by Crippen LogP contribution is 2.24. The molecule has 1 N–H and O–H groups in total. The highest BCUT2D eigenvalue weighted by molar-refractivity contribution is 4.80. The molecule has 0 spiro atoms. The van der Waals surface area contributed by atoms with Gasteiger partial charge in [0.15, 0.2) is 0 Å². The van der Waals surface area contributed by atoms with Crippen molar-refractivity contribution >= 4 is 0 Å². The van der Waals surface area contributed by atoms with E-state index in [1.54, 1.807) is 7.11 Å². The minimum Gasteiger partial charge on any atom is -0.383 e. The molecule has 0 aromatic heterocycles. The van der Waals surface area contributed by atoms with Gasteiger partial charge in [0.2, 0.25) is 0 Å². The van der Waals surface area contributed by atoms with E-state index in [0.29, 0.717) is 0 Å². The summed E-state index contributed by atoms with van der Waals surface area (Å²) < 4.78 is 5.05. The highest BCUT2D eigenvalue weighted by Gasteiger charge is 2.22. The molecular weight excluding hydrogens is 188 g/mol. The van der Waals surface area contributed by atoms with Crippen LogP contribution >= 0.6 is 0 Å². The quantitative estimate of drug-likeness (QED) is 0.692. The lowest BCUT2D eigenvalue weighted by Gasteiger charge is -2.20. The predicted molar refractivity (Wildman–Crippen MR) is 64.2 cm³/mol. The first-order valence-electron chi connectivity index (χ1n) is 6.15. The number of rotatable bonds is 7. The third-order valence-corrected chi connectivity index (χ3v) is 3.44. The summed E-state index contributed by atoms with van der Waals surface area (Å²) in [6.07, 6.45) is 4.17. The van der Waals surface area contributed by atoms with Gasteiger partial charge in [0.05, 0.1) is 6.61 Å². The molecule has 15 heavy (non-hydrogen) atoms. The van der Waals surface area contributed by atoms with Crippen molar-refractivity contribution in [2.75, 3.05) is 40.4 Å². The maximum atomic E-state index is 5.05. The molecule has 0 aliphatic heterocycles. The van der Waals surface area contributed by atoms with E-state index in [1.165, 1.54) is 19.3 Å². The maximum absolute atomic E-state index is 5.05. The van der Waals surface area contributed by atoms with E-state index in [2.05, 4.69) is 24.2 Å². The van der Waals surface area contributed by atoms with Crippen LogP contribution in [0.25, 0.3) is 0 Å². The monoisotopic (exact) mass is 214 g/mol. The van der Waals surface area contributed by atoms with Crippen molar-refractivity contribution < 1.29 is 4.74 Å². The summed E-state index contributed by atoms with van der Waals surface area (Å²) >= 11 is 0. The zero-order chi connectivity index (χ0) is 11.1. The van der Waals surface area contributed by atoms with E-state index in [1.807, 2.05) is 0 Å². The van der Waals surface area contributed by atoms with Crippen molar-refractivity contribution in [3.8, 4) is 0 Å². The van der Waals surface area contributed by atoms with Crippen LogP contribution in [0.3, 0.4) is 0 Å². The number of methoxy groups -OCH3 is 1. The highest BCUT2D eigenvalue weighted by atomic mass is 16.5. The minimum absolute atomic E-state index is 0.765. The van der Waals surface area contributed by atoms with Crippen LogP contribution < -0.4 is 5.32 Å². The molecule has 2 unspecified atom stereocenters. The van der Waals surface area contributed by atoms with Crippen LogP contribution in [-0.2, 0) is 4.74 Å². The summed E-state index contributed by atoms with van der Waals surface area (Å²) in [6, 6.07) is 0.765. The molecule has 1 fully saturated rings. The molecule has 1 rings (SSSR count). The Bertz CT molecular complexity index is 164. The Morgan fingerprint density at radius 2 is 2.13 bits per heavy atom. The van der Waals surface area contributed by atoms with E-state index < -0.39 is 0 Å². The van der Waals surface area contributed by atoms with E-state index in [0.717, 1.165) is 38.2 Å². The third kappa shape index (κ3) is 4.96. The minimum atomic E-state index is 0.765. The molecule has 2 atom stereocenters. The van der Waals surface area contributed by atoms with Crippen molar-refractivity contribution in [2.45, 2.75) is 32.2 Å². The van der Waals surface area contributed by atoms with Crippen LogP contribution in [0.15, 0.2) is 0 Å². The lowest BCUT2D eigenvalue weighted by atomic mass is 10.1. The van der Waals surface area contributed by atoms with E-state index in [-0.39, 0.29) is 0 Å². The van der Waals surface area contributed by atoms with Crippen molar-refractivity contribution in [3.05, 3.63) is 0 Å². The molecule has 0 heterocycles. The normalized spacial score (nSPS) is 26.4. The van der Waals surface area contributed by atoms with Gasteiger partial charge in [-0.05, 0) is 25.8 Å². The zero-order valence-electron chi connectivity index (χ0n) is 10.5.